The number of nitrogens with one attached hydrogen (secondary N) is 1. The summed E-state index contributed by atoms with van der Waals surface area (Å²) in [7, 11) is 0. The maximum absolute atomic E-state index is 14.0. The Kier molecular flexibility index (Phi) is 4.85. The monoisotopic (exact) mass is 359 g/mol. The number of anilines is 1. The molecule has 2 aromatic carbocycles. The molecule has 1 atom stereocenters. The van der Waals surface area contributed by atoms with Crippen molar-refractivity contribution in [2.45, 2.75) is 19.9 Å². The van der Waals surface area contributed by atoms with E-state index in [2.05, 4.69) is 10.3 Å². The summed E-state index contributed by atoms with van der Waals surface area (Å²) in [5.74, 6) is -0.494. The van der Waals surface area contributed by atoms with Crippen molar-refractivity contribution in [1.82, 2.24) is 10.3 Å². The van der Waals surface area contributed by atoms with Crippen LogP contribution in [0.2, 0.25) is 0 Å². The normalized spacial score (nSPS) is 12.1. The molecule has 0 radical (unpaired) electrons. The Labute approximate surface area is 148 Å². The number of hydrogen-bond donors (Lipinski definition) is 2. The summed E-state index contributed by atoms with van der Waals surface area (Å²) in [6.07, 6.45) is 0. The fraction of sp³-hybridized carbons (Fsp3) is 0.222. The number of carbonyl (C=O) groups excluding carboxylic acids is 1. The van der Waals surface area contributed by atoms with Crippen LogP contribution in [0.4, 0.5) is 9.52 Å². The Morgan fingerprint density at radius 1 is 1.36 bits per heavy atom. The molecule has 1 aromatic heterocycles. The van der Waals surface area contributed by atoms with Crippen LogP contribution in [0.3, 0.4) is 0 Å². The predicted octanol–water partition coefficient (Wildman–Crippen LogP) is 3.91. The number of nitrogens with two attached hydrogens (primary N) is 1. The largest absolute Gasteiger partial charge is 0.491 e. The molecule has 1 unspecified atom stereocenters. The van der Waals surface area contributed by atoms with Gasteiger partial charge in [0, 0.05) is 5.56 Å². The first-order chi connectivity index (χ1) is 12.0. The van der Waals surface area contributed by atoms with Crippen LogP contribution in [-0.2, 0) is 0 Å². The number of rotatable bonds is 5. The molecule has 0 saturated carbocycles. The average molecular weight is 359 g/mol. The van der Waals surface area contributed by atoms with E-state index in [9.17, 15) is 9.18 Å². The van der Waals surface area contributed by atoms with Crippen LogP contribution in [0.1, 0.15) is 35.8 Å². The standard InChI is InChI=1S/C18H18FN3O2S/c1-3-24-15-6-4-11(8-13(15)19)10(2)21-17(23)12-5-7-16-14(9-12)22-18(20)25-16/h4-10H,3H2,1-2H3,(H2,20,22)(H,21,23). The highest BCUT2D eigenvalue weighted by Gasteiger charge is 2.15. The second-order valence-corrected chi connectivity index (χ2v) is 6.61. The Morgan fingerprint density at radius 3 is 2.88 bits per heavy atom. The molecule has 7 heteroatoms. The van der Waals surface area contributed by atoms with Gasteiger partial charge in [-0.3, -0.25) is 4.79 Å². The molecule has 1 amide bonds. The number of halogens is 1. The molecule has 25 heavy (non-hydrogen) atoms. The van der Waals surface area contributed by atoms with E-state index in [0.717, 1.165) is 4.70 Å². The summed E-state index contributed by atoms with van der Waals surface area (Å²) in [5.41, 5.74) is 7.52. The zero-order chi connectivity index (χ0) is 18.0. The number of amides is 1. The maximum Gasteiger partial charge on any atom is 0.251 e. The van der Waals surface area contributed by atoms with Crippen LogP contribution < -0.4 is 15.8 Å². The predicted molar refractivity (Wildman–Crippen MR) is 97.5 cm³/mol. The Balaban J connectivity index is 1.75. The van der Waals surface area contributed by atoms with Crippen molar-refractivity contribution in [2.75, 3.05) is 12.3 Å². The van der Waals surface area contributed by atoms with Gasteiger partial charge in [-0.25, -0.2) is 9.37 Å². The first-order valence-electron chi connectivity index (χ1n) is 7.87. The topological polar surface area (TPSA) is 77.2 Å². The van der Waals surface area contributed by atoms with Gasteiger partial charge in [-0.15, -0.1) is 0 Å². The number of aromatic nitrogens is 1. The summed E-state index contributed by atoms with van der Waals surface area (Å²) in [6.45, 7) is 3.99. The van der Waals surface area contributed by atoms with E-state index in [1.54, 1.807) is 38.1 Å². The van der Waals surface area contributed by atoms with E-state index in [0.29, 0.717) is 28.4 Å². The van der Waals surface area contributed by atoms with Crippen LogP contribution in [0, 0.1) is 5.82 Å². The molecular weight excluding hydrogens is 341 g/mol. The maximum atomic E-state index is 14.0. The molecular formula is C18H18FN3O2S. The van der Waals surface area contributed by atoms with Crippen molar-refractivity contribution in [1.29, 1.82) is 0 Å². The van der Waals surface area contributed by atoms with Crippen LogP contribution in [-0.4, -0.2) is 17.5 Å². The third-order valence-electron chi connectivity index (χ3n) is 3.77. The molecule has 130 valence electrons. The molecule has 0 aliphatic carbocycles. The van der Waals surface area contributed by atoms with Crippen LogP contribution in [0.25, 0.3) is 10.2 Å². The number of benzene rings is 2. The lowest BCUT2D eigenvalue weighted by molar-refractivity contribution is 0.0940. The molecule has 0 aliphatic rings. The SMILES string of the molecule is CCOc1ccc(C(C)NC(=O)c2ccc3sc(N)nc3c2)cc1F. The van der Waals surface area contributed by atoms with Crippen LogP contribution in [0.5, 0.6) is 5.75 Å². The number of ether oxygens (including phenoxy) is 1. The summed E-state index contributed by atoms with van der Waals surface area (Å²) in [6, 6.07) is 9.57. The van der Waals surface area contributed by atoms with E-state index in [1.165, 1.54) is 17.4 Å². The van der Waals surface area contributed by atoms with Gasteiger partial charge in [-0.1, -0.05) is 17.4 Å². The molecule has 1 heterocycles. The van der Waals surface area contributed by atoms with Gasteiger partial charge in [0.15, 0.2) is 16.7 Å². The summed E-state index contributed by atoms with van der Waals surface area (Å²) in [4.78, 5) is 16.6. The van der Waals surface area contributed by atoms with Gasteiger partial charge in [0.1, 0.15) is 0 Å². The second-order valence-electron chi connectivity index (χ2n) is 5.55. The lowest BCUT2D eigenvalue weighted by atomic mass is 10.1. The zero-order valence-electron chi connectivity index (χ0n) is 13.9. The molecule has 3 N–H and O–H groups in total. The van der Waals surface area contributed by atoms with Gasteiger partial charge in [0.2, 0.25) is 0 Å². The molecule has 0 saturated heterocycles. The minimum atomic E-state index is -0.445. The van der Waals surface area contributed by atoms with Crippen molar-refractivity contribution in [3.63, 3.8) is 0 Å². The fourth-order valence-electron chi connectivity index (χ4n) is 2.51. The van der Waals surface area contributed by atoms with E-state index >= 15 is 0 Å². The van der Waals surface area contributed by atoms with Gasteiger partial charge in [-0.05, 0) is 49.7 Å². The molecule has 0 fully saturated rings. The second kappa shape index (κ2) is 7.06. The third kappa shape index (κ3) is 3.71. The van der Waals surface area contributed by atoms with Crippen molar-refractivity contribution >= 4 is 32.6 Å². The van der Waals surface area contributed by atoms with E-state index < -0.39 is 5.82 Å². The highest BCUT2D eigenvalue weighted by molar-refractivity contribution is 7.22. The van der Waals surface area contributed by atoms with Gasteiger partial charge in [-0.2, -0.15) is 0 Å². The molecule has 0 spiro atoms. The number of fused-ring (bicyclic) bond motifs is 1. The zero-order valence-corrected chi connectivity index (χ0v) is 14.7. The van der Waals surface area contributed by atoms with E-state index in [-0.39, 0.29) is 17.7 Å². The summed E-state index contributed by atoms with van der Waals surface area (Å²) in [5, 5.41) is 3.32. The Bertz CT molecular complexity index is 926. The highest BCUT2D eigenvalue weighted by atomic mass is 32.1. The van der Waals surface area contributed by atoms with Gasteiger partial charge in [0.05, 0.1) is 22.9 Å². The van der Waals surface area contributed by atoms with Crippen LogP contribution in [0.15, 0.2) is 36.4 Å². The van der Waals surface area contributed by atoms with Gasteiger partial charge < -0.3 is 15.8 Å². The minimum Gasteiger partial charge on any atom is -0.491 e. The number of nitrogen functional groups attached to an aromatic ring is 1. The van der Waals surface area contributed by atoms with Crippen LogP contribution >= 0.6 is 11.3 Å². The Morgan fingerprint density at radius 2 is 2.16 bits per heavy atom. The third-order valence-corrected chi connectivity index (χ3v) is 4.64. The van der Waals surface area contributed by atoms with Crippen molar-refractivity contribution in [3.05, 3.63) is 53.3 Å². The van der Waals surface area contributed by atoms with Crippen molar-refractivity contribution in [3.8, 4) is 5.75 Å². The number of nitrogens with zero attached hydrogens (tertiary/aromatic N) is 1. The lowest BCUT2D eigenvalue weighted by Crippen LogP contribution is -2.26. The molecule has 5 nitrogen and oxygen atoms in total. The number of hydrogen-bond acceptors (Lipinski definition) is 5. The first-order valence-corrected chi connectivity index (χ1v) is 8.68. The minimum absolute atomic E-state index is 0.205. The van der Waals surface area contributed by atoms with E-state index in [1.807, 2.05) is 6.07 Å². The Hall–Kier alpha value is -2.67. The van der Waals surface area contributed by atoms with Crippen molar-refractivity contribution in [2.24, 2.45) is 0 Å². The molecule has 3 aromatic rings. The van der Waals surface area contributed by atoms with E-state index in [4.69, 9.17) is 10.5 Å². The average Bonchev–Trinajstić information content (AvgIpc) is 2.95. The number of carbonyl (C=O) groups is 1. The van der Waals surface area contributed by atoms with Crippen molar-refractivity contribution < 1.29 is 13.9 Å². The quantitative estimate of drug-likeness (QED) is 0.724. The molecule has 3 rings (SSSR count). The van der Waals surface area contributed by atoms with Gasteiger partial charge in [0.25, 0.3) is 5.91 Å². The van der Waals surface area contributed by atoms with Gasteiger partial charge >= 0.3 is 0 Å². The molecule has 0 aliphatic heterocycles. The lowest BCUT2D eigenvalue weighted by Gasteiger charge is -2.15. The summed E-state index contributed by atoms with van der Waals surface area (Å²) < 4.78 is 20.1. The number of thiazole rings is 1. The highest BCUT2D eigenvalue weighted by Crippen LogP contribution is 2.25. The smallest absolute Gasteiger partial charge is 0.251 e. The first kappa shape index (κ1) is 17.2. The fourth-order valence-corrected chi connectivity index (χ4v) is 3.22. The summed E-state index contributed by atoms with van der Waals surface area (Å²) >= 11 is 1.37. The molecule has 0 bridgehead atoms.